The lowest BCUT2D eigenvalue weighted by Crippen LogP contribution is -2.30. The summed E-state index contributed by atoms with van der Waals surface area (Å²) in [5.41, 5.74) is 0. The molecule has 0 fully saturated rings. The van der Waals surface area contributed by atoms with Gasteiger partial charge in [-0.05, 0) is 32.6 Å². The fraction of sp³-hybridized carbons (Fsp3) is 0.800. The number of ether oxygens (including phenoxy) is 1. The number of carbonyl (C=O) groups is 2. The van der Waals surface area contributed by atoms with Crippen molar-refractivity contribution in [1.29, 1.82) is 0 Å². The molecule has 0 aliphatic rings. The van der Waals surface area contributed by atoms with E-state index in [9.17, 15) is 9.59 Å². The third-order valence-corrected chi connectivity index (χ3v) is 3.90. The number of hydrogen-bond donors (Lipinski definition) is 1. The molecule has 0 spiro atoms. The summed E-state index contributed by atoms with van der Waals surface area (Å²) in [5, 5.41) is 2.57. The minimum absolute atomic E-state index is 0.0268. The van der Waals surface area contributed by atoms with Crippen molar-refractivity contribution in [3.05, 3.63) is 12.2 Å². The van der Waals surface area contributed by atoms with E-state index in [-0.39, 0.29) is 18.4 Å². The molecule has 0 aromatic heterocycles. The van der Waals surface area contributed by atoms with Gasteiger partial charge in [0.25, 0.3) is 0 Å². The zero-order valence-electron chi connectivity index (χ0n) is 15.8. The summed E-state index contributed by atoms with van der Waals surface area (Å²) in [7, 11) is 0. The Hall–Kier alpha value is -1.32. The van der Waals surface area contributed by atoms with Gasteiger partial charge < -0.3 is 10.1 Å². The highest BCUT2D eigenvalue weighted by Gasteiger charge is 2.04. The van der Waals surface area contributed by atoms with E-state index in [0.717, 1.165) is 19.3 Å². The summed E-state index contributed by atoms with van der Waals surface area (Å²) in [6.07, 6.45) is 18.6. The lowest BCUT2D eigenvalue weighted by molar-refractivity contribution is -0.143. The molecule has 0 aliphatic heterocycles. The van der Waals surface area contributed by atoms with Crippen LogP contribution in [0.2, 0.25) is 0 Å². The van der Waals surface area contributed by atoms with Gasteiger partial charge >= 0.3 is 5.97 Å². The van der Waals surface area contributed by atoms with Crippen LogP contribution in [0.25, 0.3) is 0 Å². The first-order valence-corrected chi connectivity index (χ1v) is 9.78. The van der Waals surface area contributed by atoms with Crippen molar-refractivity contribution in [2.45, 2.75) is 90.9 Å². The summed E-state index contributed by atoms with van der Waals surface area (Å²) < 4.78 is 4.75. The molecule has 0 radical (unpaired) electrons. The van der Waals surface area contributed by atoms with E-state index in [4.69, 9.17) is 4.74 Å². The second-order valence-corrected chi connectivity index (χ2v) is 6.21. The number of amides is 1. The highest BCUT2D eigenvalue weighted by atomic mass is 16.5. The molecule has 0 saturated carbocycles. The SMILES string of the molecule is CCCCCCCCCC/C=C\CCCC(=O)NCC(=O)OCC. The molecule has 140 valence electrons. The smallest absolute Gasteiger partial charge is 0.325 e. The van der Waals surface area contributed by atoms with Gasteiger partial charge in [0.1, 0.15) is 6.54 Å². The maximum atomic E-state index is 11.5. The van der Waals surface area contributed by atoms with Gasteiger partial charge in [0.2, 0.25) is 5.91 Å². The quantitative estimate of drug-likeness (QED) is 0.247. The van der Waals surface area contributed by atoms with Crippen LogP contribution >= 0.6 is 0 Å². The van der Waals surface area contributed by atoms with Crippen LogP contribution in [0, 0.1) is 0 Å². The van der Waals surface area contributed by atoms with Gasteiger partial charge in [0.15, 0.2) is 0 Å². The molecule has 0 aromatic carbocycles. The molecule has 0 saturated heterocycles. The lowest BCUT2D eigenvalue weighted by atomic mass is 10.1. The summed E-state index contributed by atoms with van der Waals surface area (Å²) in [4.78, 5) is 22.6. The Labute approximate surface area is 148 Å². The summed E-state index contributed by atoms with van der Waals surface area (Å²) in [5.74, 6) is -0.462. The number of rotatable bonds is 16. The van der Waals surface area contributed by atoms with Crippen molar-refractivity contribution in [3.8, 4) is 0 Å². The number of allylic oxidation sites excluding steroid dienone is 2. The number of nitrogens with one attached hydrogen (secondary N) is 1. The molecule has 0 rings (SSSR count). The van der Waals surface area contributed by atoms with Crippen LogP contribution in [-0.4, -0.2) is 25.0 Å². The molecule has 0 bridgehead atoms. The molecule has 0 unspecified atom stereocenters. The van der Waals surface area contributed by atoms with Crippen LogP contribution in [0.15, 0.2) is 12.2 Å². The summed E-state index contributed by atoms with van der Waals surface area (Å²) in [6.45, 7) is 4.32. The monoisotopic (exact) mass is 339 g/mol. The van der Waals surface area contributed by atoms with Crippen LogP contribution in [0.3, 0.4) is 0 Å². The minimum atomic E-state index is -0.379. The van der Waals surface area contributed by atoms with E-state index in [2.05, 4.69) is 24.4 Å². The summed E-state index contributed by atoms with van der Waals surface area (Å²) in [6, 6.07) is 0. The van der Waals surface area contributed by atoms with Gasteiger partial charge in [-0.15, -0.1) is 0 Å². The predicted molar refractivity (Wildman–Crippen MR) is 99.9 cm³/mol. The number of unbranched alkanes of at least 4 members (excludes halogenated alkanes) is 9. The van der Waals surface area contributed by atoms with Gasteiger partial charge in [0, 0.05) is 6.42 Å². The van der Waals surface area contributed by atoms with Crippen molar-refractivity contribution < 1.29 is 14.3 Å². The second-order valence-electron chi connectivity index (χ2n) is 6.21. The van der Waals surface area contributed by atoms with Gasteiger partial charge in [-0.3, -0.25) is 9.59 Å². The number of carbonyl (C=O) groups excluding carboxylic acids is 2. The van der Waals surface area contributed by atoms with Crippen molar-refractivity contribution >= 4 is 11.9 Å². The third kappa shape index (κ3) is 17.0. The van der Waals surface area contributed by atoms with Crippen molar-refractivity contribution in [3.63, 3.8) is 0 Å². The standard InChI is InChI=1S/C20H37NO3/c1-3-5-6-7-8-9-10-11-12-13-14-15-16-17-19(22)21-18-20(23)24-4-2/h13-14H,3-12,15-18H2,1-2H3,(H,21,22)/b14-13-. The van der Waals surface area contributed by atoms with E-state index in [1.807, 2.05) is 0 Å². The third-order valence-electron chi connectivity index (χ3n) is 3.90. The largest absolute Gasteiger partial charge is 0.465 e. The topological polar surface area (TPSA) is 55.4 Å². The van der Waals surface area contributed by atoms with E-state index >= 15 is 0 Å². The van der Waals surface area contributed by atoms with Crippen LogP contribution in [0.5, 0.6) is 0 Å². The Morgan fingerprint density at radius 3 is 2.04 bits per heavy atom. The minimum Gasteiger partial charge on any atom is -0.465 e. The molecular weight excluding hydrogens is 302 g/mol. The Kier molecular flexibility index (Phi) is 17.0. The Bertz CT molecular complexity index is 340. The molecule has 24 heavy (non-hydrogen) atoms. The van der Waals surface area contributed by atoms with Crippen LogP contribution < -0.4 is 5.32 Å². The van der Waals surface area contributed by atoms with Crippen LogP contribution in [0.4, 0.5) is 0 Å². The maximum absolute atomic E-state index is 11.5. The molecule has 4 nitrogen and oxygen atoms in total. The van der Waals surface area contributed by atoms with E-state index in [1.54, 1.807) is 6.92 Å². The van der Waals surface area contributed by atoms with Gasteiger partial charge in [0.05, 0.1) is 6.61 Å². The zero-order valence-corrected chi connectivity index (χ0v) is 15.8. The molecular formula is C20H37NO3. The average Bonchev–Trinajstić information content (AvgIpc) is 2.57. The summed E-state index contributed by atoms with van der Waals surface area (Å²) >= 11 is 0. The van der Waals surface area contributed by atoms with E-state index in [1.165, 1.54) is 51.4 Å². The Balaban J connectivity index is 3.31. The van der Waals surface area contributed by atoms with Gasteiger partial charge in [-0.2, -0.15) is 0 Å². The predicted octanol–water partition coefficient (Wildman–Crippen LogP) is 4.92. The van der Waals surface area contributed by atoms with Crippen molar-refractivity contribution in [1.82, 2.24) is 5.32 Å². The lowest BCUT2D eigenvalue weighted by Gasteiger charge is -2.04. The van der Waals surface area contributed by atoms with Crippen molar-refractivity contribution in [2.24, 2.45) is 0 Å². The molecule has 4 heteroatoms. The Morgan fingerprint density at radius 2 is 1.42 bits per heavy atom. The highest BCUT2D eigenvalue weighted by molar-refractivity contribution is 5.81. The maximum Gasteiger partial charge on any atom is 0.325 e. The van der Waals surface area contributed by atoms with Crippen molar-refractivity contribution in [2.75, 3.05) is 13.2 Å². The second kappa shape index (κ2) is 18.0. The Morgan fingerprint density at radius 1 is 0.833 bits per heavy atom. The molecule has 1 amide bonds. The zero-order chi connectivity index (χ0) is 17.9. The van der Waals surface area contributed by atoms with E-state index < -0.39 is 0 Å². The fourth-order valence-electron chi connectivity index (χ4n) is 2.48. The van der Waals surface area contributed by atoms with Crippen LogP contribution in [-0.2, 0) is 14.3 Å². The molecule has 0 atom stereocenters. The van der Waals surface area contributed by atoms with Gasteiger partial charge in [-0.1, -0.05) is 64.0 Å². The first kappa shape index (κ1) is 22.7. The van der Waals surface area contributed by atoms with Crippen LogP contribution in [0.1, 0.15) is 90.9 Å². The highest BCUT2D eigenvalue weighted by Crippen LogP contribution is 2.10. The number of hydrogen-bond acceptors (Lipinski definition) is 3. The first-order valence-electron chi connectivity index (χ1n) is 9.78. The molecule has 0 aliphatic carbocycles. The fourth-order valence-corrected chi connectivity index (χ4v) is 2.48. The molecule has 1 N–H and O–H groups in total. The normalized spacial score (nSPS) is 10.9. The van der Waals surface area contributed by atoms with Gasteiger partial charge in [-0.25, -0.2) is 0 Å². The molecule has 0 heterocycles. The van der Waals surface area contributed by atoms with E-state index in [0.29, 0.717) is 13.0 Å². The molecule has 0 aromatic rings. The average molecular weight is 340 g/mol. The first-order chi connectivity index (χ1) is 11.7. The number of esters is 1.